The molecule has 1 saturated carbocycles. The zero-order valence-electron chi connectivity index (χ0n) is 28.4. The number of rotatable bonds is 13. The van der Waals surface area contributed by atoms with Crippen molar-refractivity contribution in [3.05, 3.63) is 64.9 Å². The highest BCUT2D eigenvalue weighted by Crippen LogP contribution is 2.30. The topological polar surface area (TPSA) is 124 Å². The number of β-amino-alcohol motifs (C(OH)–C–C–N with tert-alkyl or cyclic N) is 1. The second-order valence-corrected chi connectivity index (χ2v) is 13.4. The summed E-state index contributed by atoms with van der Waals surface area (Å²) in [5.74, 6) is 3.17. The van der Waals surface area contributed by atoms with E-state index in [0.717, 1.165) is 81.3 Å². The van der Waals surface area contributed by atoms with Crippen molar-refractivity contribution in [1.29, 1.82) is 0 Å². The van der Waals surface area contributed by atoms with Gasteiger partial charge in [-0.2, -0.15) is 13.5 Å². The summed E-state index contributed by atoms with van der Waals surface area (Å²) in [6.45, 7) is 7.42. The maximum Gasteiger partial charge on any atom is 0.219 e. The lowest BCUT2D eigenvalue weighted by Gasteiger charge is -2.36. The number of hydrogen-bond acceptors (Lipinski definition) is 10. The van der Waals surface area contributed by atoms with E-state index in [1.807, 2.05) is 30.0 Å². The van der Waals surface area contributed by atoms with Gasteiger partial charge in [-0.1, -0.05) is 6.07 Å². The van der Waals surface area contributed by atoms with Gasteiger partial charge in [-0.3, -0.25) is 14.5 Å². The van der Waals surface area contributed by atoms with E-state index in [9.17, 15) is 14.7 Å². The molecule has 12 heteroatoms. The SMILES string of the molecule is CC(=O)N1CCC(Nc2cc(C(=O)CC[C@H](O)CN3CCc4cc(OCc5ocnc5C)ccc4C3)cc(N(C)C3CCC3)n2)CC1.S. The molecular weight excluding hydrogens is 629 g/mol. The smallest absolute Gasteiger partial charge is 0.219 e. The van der Waals surface area contributed by atoms with Gasteiger partial charge in [0.25, 0.3) is 0 Å². The molecule has 6 rings (SSSR count). The number of likely N-dealkylation sites (tertiary alicyclic amines) is 1. The van der Waals surface area contributed by atoms with Gasteiger partial charge >= 0.3 is 0 Å². The molecule has 48 heavy (non-hydrogen) atoms. The fourth-order valence-corrected chi connectivity index (χ4v) is 6.72. The van der Waals surface area contributed by atoms with Gasteiger partial charge in [0, 0.05) is 70.8 Å². The van der Waals surface area contributed by atoms with Crippen molar-refractivity contribution in [2.75, 3.05) is 43.4 Å². The van der Waals surface area contributed by atoms with Crippen LogP contribution in [-0.2, 0) is 24.4 Å². The maximum absolute atomic E-state index is 13.5. The number of carbonyl (C=O) groups is 2. The van der Waals surface area contributed by atoms with Crippen molar-refractivity contribution in [3.63, 3.8) is 0 Å². The molecule has 1 atom stereocenters. The molecule has 1 amide bonds. The first-order chi connectivity index (χ1) is 22.7. The highest BCUT2D eigenvalue weighted by molar-refractivity contribution is 7.59. The molecule has 2 fully saturated rings. The predicted molar refractivity (Wildman–Crippen MR) is 190 cm³/mol. The highest BCUT2D eigenvalue weighted by Gasteiger charge is 2.26. The number of aryl methyl sites for hydroxylation is 1. The molecule has 1 saturated heterocycles. The molecule has 2 N–H and O–H groups in total. The van der Waals surface area contributed by atoms with Crippen LogP contribution in [0.15, 0.2) is 41.1 Å². The van der Waals surface area contributed by atoms with E-state index in [-0.39, 0.29) is 37.6 Å². The van der Waals surface area contributed by atoms with E-state index in [1.165, 1.54) is 23.9 Å². The fourth-order valence-electron chi connectivity index (χ4n) is 6.72. The molecule has 2 aromatic heterocycles. The van der Waals surface area contributed by atoms with Crippen LogP contribution in [0.3, 0.4) is 0 Å². The van der Waals surface area contributed by atoms with E-state index in [2.05, 4.69) is 39.3 Å². The lowest BCUT2D eigenvalue weighted by Crippen LogP contribution is -2.41. The molecule has 1 aromatic carbocycles. The van der Waals surface area contributed by atoms with Crippen molar-refractivity contribution in [1.82, 2.24) is 19.8 Å². The summed E-state index contributed by atoms with van der Waals surface area (Å²) in [5, 5.41) is 14.5. The first-order valence-electron chi connectivity index (χ1n) is 17.1. The number of anilines is 2. The third kappa shape index (κ3) is 8.89. The van der Waals surface area contributed by atoms with E-state index >= 15 is 0 Å². The second-order valence-electron chi connectivity index (χ2n) is 13.4. The molecule has 11 nitrogen and oxygen atoms in total. The molecule has 1 aliphatic carbocycles. The number of piperidine rings is 1. The number of Topliss-reactive ketones (excluding diaryl/α,β-unsaturated/α-hetero) is 1. The Bertz CT molecular complexity index is 1550. The minimum absolute atomic E-state index is 0. The van der Waals surface area contributed by atoms with Crippen LogP contribution >= 0.6 is 13.5 Å². The second kappa shape index (κ2) is 16.2. The number of ether oxygens (including phenoxy) is 1. The first kappa shape index (κ1) is 35.7. The Hall–Kier alpha value is -3.61. The first-order valence-corrected chi connectivity index (χ1v) is 17.1. The number of amides is 1. The zero-order chi connectivity index (χ0) is 32.9. The number of nitrogens with one attached hydrogen (secondary N) is 1. The molecule has 4 heterocycles. The van der Waals surface area contributed by atoms with Gasteiger partial charge in [0.05, 0.1) is 11.8 Å². The fraction of sp³-hybridized carbons (Fsp3) is 0.556. The van der Waals surface area contributed by atoms with Gasteiger partial charge in [-0.05, 0) is 87.3 Å². The number of aliphatic hydroxyl groups is 1. The third-order valence-corrected chi connectivity index (χ3v) is 10.1. The average Bonchev–Trinajstić information content (AvgIpc) is 3.46. The van der Waals surface area contributed by atoms with Gasteiger partial charge < -0.3 is 29.4 Å². The van der Waals surface area contributed by atoms with Crippen LogP contribution in [0.25, 0.3) is 0 Å². The maximum atomic E-state index is 13.5. The van der Waals surface area contributed by atoms with E-state index < -0.39 is 6.10 Å². The van der Waals surface area contributed by atoms with Gasteiger partial charge in [-0.25, -0.2) is 9.97 Å². The van der Waals surface area contributed by atoms with Crippen molar-refractivity contribution >= 4 is 36.8 Å². The molecule has 3 aliphatic rings. The summed E-state index contributed by atoms with van der Waals surface area (Å²) in [4.78, 5) is 40.6. The van der Waals surface area contributed by atoms with Crippen molar-refractivity contribution in [2.24, 2.45) is 0 Å². The van der Waals surface area contributed by atoms with Crippen LogP contribution in [0.1, 0.15) is 84.8 Å². The number of benzene rings is 1. The van der Waals surface area contributed by atoms with Gasteiger partial charge in [-0.15, -0.1) is 0 Å². The van der Waals surface area contributed by atoms with Gasteiger partial charge in [0.2, 0.25) is 5.91 Å². The predicted octanol–water partition coefficient (Wildman–Crippen LogP) is 4.86. The summed E-state index contributed by atoms with van der Waals surface area (Å²) in [6.07, 6.45) is 7.55. The molecule has 0 bridgehead atoms. The number of aliphatic hydroxyl groups excluding tert-OH is 1. The monoisotopic (exact) mass is 678 g/mol. The number of oxazole rings is 1. The normalized spacial score (nSPS) is 17.5. The lowest BCUT2D eigenvalue weighted by molar-refractivity contribution is -0.129. The van der Waals surface area contributed by atoms with Crippen LogP contribution in [0, 0.1) is 6.92 Å². The van der Waals surface area contributed by atoms with Crippen molar-refractivity contribution in [3.8, 4) is 5.75 Å². The Morgan fingerprint density at radius 1 is 1.12 bits per heavy atom. The summed E-state index contributed by atoms with van der Waals surface area (Å²) < 4.78 is 11.3. The number of fused-ring (bicyclic) bond motifs is 1. The molecule has 2 aliphatic heterocycles. The zero-order valence-corrected chi connectivity index (χ0v) is 29.4. The molecule has 0 radical (unpaired) electrons. The van der Waals surface area contributed by atoms with Crippen molar-refractivity contribution in [2.45, 2.75) is 96.6 Å². The summed E-state index contributed by atoms with van der Waals surface area (Å²) in [7, 11) is 2.06. The Balaban J connectivity index is 0.00000451. The van der Waals surface area contributed by atoms with Crippen molar-refractivity contribution < 1.29 is 23.8 Å². The Morgan fingerprint density at radius 3 is 2.60 bits per heavy atom. The lowest BCUT2D eigenvalue weighted by atomic mass is 9.92. The Labute approximate surface area is 290 Å². The van der Waals surface area contributed by atoms with Gasteiger partial charge in [0.15, 0.2) is 17.9 Å². The largest absolute Gasteiger partial charge is 0.486 e. The number of aromatic nitrogens is 2. The third-order valence-electron chi connectivity index (χ3n) is 10.1. The van der Waals surface area contributed by atoms with Crippen LogP contribution in [0.5, 0.6) is 5.75 Å². The molecule has 0 spiro atoms. The summed E-state index contributed by atoms with van der Waals surface area (Å²) >= 11 is 0. The standard InChI is InChI=1S/C36H48N6O5.H2S/c1-24-34(47-23-37-24)22-46-32-9-7-27-20-41(14-11-26(27)17-32)21-31(44)8-10-33(45)28-18-35(38-29-12-15-42(16-13-29)25(2)43)39-36(19-28)40(3)30-5-4-6-30;/h7,9,17-19,23,29-31,44H,4-6,8,10-16,20-22H2,1-3H3,(H,38,39);1H2/t31-;/m0./s1. The molecule has 3 aromatic rings. The van der Waals surface area contributed by atoms with E-state index in [1.54, 1.807) is 6.92 Å². The van der Waals surface area contributed by atoms with E-state index in [0.29, 0.717) is 37.0 Å². The van der Waals surface area contributed by atoms with Gasteiger partial charge in [0.1, 0.15) is 24.0 Å². The summed E-state index contributed by atoms with van der Waals surface area (Å²) in [6, 6.07) is 10.6. The average molecular weight is 679 g/mol. The number of ketones is 1. The Kier molecular flexibility index (Phi) is 12.0. The number of pyridine rings is 1. The Morgan fingerprint density at radius 2 is 1.92 bits per heavy atom. The van der Waals surface area contributed by atoms with Crippen LogP contribution < -0.4 is 15.0 Å². The minimum Gasteiger partial charge on any atom is -0.486 e. The van der Waals surface area contributed by atoms with Crippen LogP contribution in [-0.4, -0.2) is 88.0 Å². The van der Waals surface area contributed by atoms with E-state index in [4.69, 9.17) is 14.1 Å². The minimum atomic E-state index is -0.601. The molecule has 0 unspecified atom stereocenters. The number of nitrogens with zero attached hydrogens (tertiary/aromatic N) is 5. The quantitative estimate of drug-likeness (QED) is 0.242. The number of carbonyl (C=O) groups excluding carboxylic acids is 2. The highest BCUT2D eigenvalue weighted by atomic mass is 32.1. The summed E-state index contributed by atoms with van der Waals surface area (Å²) in [5.41, 5.74) is 3.95. The van der Waals surface area contributed by atoms with Crippen LogP contribution in [0.4, 0.5) is 11.6 Å². The molecular formula is C36H50N6O5S. The molecule has 260 valence electrons. The van der Waals surface area contributed by atoms with Crippen LogP contribution in [0.2, 0.25) is 0 Å². The number of hydrogen-bond donors (Lipinski definition) is 2.